The predicted molar refractivity (Wildman–Crippen MR) is 113 cm³/mol. The number of aliphatic hydroxyl groups excluding tert-OH is 1. The Morgan fingerprint density at radius 2 is 2.00 bits per heavy atom. The third kappa shape index (κ3) is 4.19. The highest BCUT2D eigenvalue weighted by molar-refractivity contribution is 6.46. The van der Waals surface area contributed by atoms with Gasteiger partial charge in [-0.05, 0) is 30.3 Å². The number of halogens is 1. The molecule has 0 spiro atoms. The number of carbonyl (C=O) groups is 2. The zero-order chi connectivity index (χ0) is 22.0. The first-order valence-electron chi connectivity index (χ1n) is 9.97. The van der Waals surface area contributed by atoms with E-state index in [1.165, 1.54) is 24.3 Å². The van der Waals surface area contributed by atoms with Gasteiger partial charge < -0.3 is 23.9 Å². The quantitative estimate of drug-likeness (QED) is 0.414. The first kappa shape index (κ1) is 21.4. The summed E-state index contributed by atoms with van der Waals surface area (Å²) in [6, 6.07) is 7.21. The van der Waals surface area contributed by atoms with E-state index in [0.29, 0.717) is 42.8 Å². The number of benzene rings is 1. The van der Waals surface area contributed by atoms with Gasteiger partial charge in [-0.2, -0.15) is 0 Å². The summed E-state index contributed by atoms with van der Waals surface area (Å²) in [5, 5.41) is 11.5. The molecule has 2 aliphatic rings. The van der Waals surface area contributed by atoms with Crippen molar-refractivity contribution >= 4 is 29.1 Å². The lowest BCUT2D eigenvalue weighted by Gasteiger charge is -2.30. The average molecular weight is 447 g/mol. The number of methoxy groups -OCH3 is 1. The lowest BCUT2D eigenvalue weighted by molar-refractivity contribution is -0.140. The second-order valence-electron chi connectivity index (χ2n) is 7.31. The lowest BCUT2D eigenvalue weighted by Crippen LogP contribution is -2.42. The summed E-state index contributed by atoms with van der Waals surface area (Å²) in [7, 11) is 1.45. The fourth-order valence-corrected chi connectivity index (χ4v) is 4.11. The first-order valence-corrected chi connectivity index (χ1v) is 10.3. The third-order valence-corrected chi connectivity index (χ3v) is 5.77. The van der Waals surface area contributed by atoms with Crippen LogP contribution in [0.15, 0.2) is 46.6 Å². The Hall–Kier alpha value is -2.81. The Labute approximate surface area is 184 Å². The summed E-state index contributed by atoms with van der Waals surface area (Å²) in [6.07, 6.45) is 1.47. The Balaban J connectivity index is 1.74. The molecule has 4 rings (SSSR count). The zero-order valence-corrected chi connectivity index (χ0v) is 17.8. The maximum absolute atomic E-state index is 13.0. The fraction of sp³-hybridized carbons (Fsp3) is 0.364. The van der Waals surface area contributed by atoms with Gasteiger partial charge in [-0.1, -0.05) is 11.6 Å². The largest absolute Gasteiger partial charge is 0.507 e. The standard InChI is InChI=1S/C22H23ClN2O6/c1-29-16-5-4-14(23)13-15(16)20(26)18-19(17-3-2-10-31-17)25(22(28)21(18)27)7-6-24-8-11-30-12-9-24/h2-5,10,13,19,26H,6-9,11-12H2,1H3/t19-/m0/s1. The van der Waals surface area contributed by atoms with Crippen LogP contribution in [0.1, 0.15) is 17.4 Å². The van der Waals surface area contributed by atoms with Crippen molar-refractivity contribution in [2.45, 2.75) is 6.04 Å². The molecule has 1 N–H and O–H groups in total. The second-order valence-corrected chi connectivity index (χ2v) is 7.74. The van der Waals surface area contributed by atoms with E-state index < -0.39 is 17.7 Å². The third-order valence-electron chi connectivity index (χ3n) is 5.53. The van der Waals surface area contributed by atoms with Gasteiger partial charge in [0.15, 0.2) is 0 Å². The maximum Gasteiger partial charge on any atom is 0.295 e. The predicted octanol–water partition coefficient (Wildman–Crippen LogP) is 2.70. The molecule has 1 aromatic heterocycles. The molecule has 0 aliphatic carbocycles. The van der Waals surface area contributed by atoms with Crippen LogP contribution in [-0.2, 0) is 14.3 Å². The van der Waals surface area contributed by atoms with Gasteiger partial charge in [-0.25, -0.2) is 0 Å². The minimum Gasteiger partial charge on any atom is -0.507 e. The molecule has 2 aliphatic heterocycles. The number of aliphatic hydroxyl groups is 1. The smallest absolute Gasteiger partial charge is 0.295 e. The molecule has 0 unspecified atom stereocenters. The molecule has 3 heterocycles. The number of Topliss-reactive ketones (excluding diaryl/α,β-unsaturated/α-hetero) is 1. The second kappa shape index (κ2) is 9.13. The van der Waals surface area contributed by atoms with E-state index in [2.05, 4.69) is 4.90 Å². The fourth-order valence-electron chi connectivity index (χ4n) is 3.94. The highest BCUT2D eigenvalue weighted by atomic mass is 35.5. The van der Waals surface area contributed by atoms with Crippen LogP contribution in [-0.4, -0.2) is 73.1 Å². The number of ether oxygens (including phenoxy) is 2. The molecule has 1 aromatic carbocycles. The minimum atomic E-state index is -0.847. The normalized spacial score (nSPS) is 21.6. The molecule has 0 saturated carbocycles. The molecule has 164 valence electrons. The van der Waals surface area contributed by atoms with E-state index >= 15 is 0 Å². The van der Waals surface area contributed by atoms with Gasteiger partial charge in [-0.3, -0.25) is 14.5 Å². The molecule has 2 saturated heterocycles. The summed E-state index contributed by atoms with van der Waals surface area (Å²) in [5.41, 5.74) is 0.181. The van der Waals surface area contributed by atoms with Crippen LogP contribution in [0, 0.1) is 0 Å². The van der Waals surface area contributed by atoms with Crippen molar-refractivity contribution in [2.24, 2.45) is 0 Å². The molecular formula is C22H23ClN2O6. The topological polar surface area (TPSA) is 92.5 Å². The van der Waals surface area contributed by atoms with Crippen LogP contribution in [0.3, 0.4) is 0 Å². The SMILES string of the molecule is COc1ccc(Cl)cc1C(O)=C1C(=O)C(=O)N(CCN2CCOCC2)[C@H]1c1ccco1. The van der Waals surface area contributed by atoms with E-state index in [0.717, 1.165) is 13.1 Å². The van der Waals surface area contributed by atoms with Crippen LogP contribution in [0.4, 0.5) is 0 Å². The molecule has 1 amide bonds. The average Bonchev–Trinajstić information content (AvgIpc) is 3.40. The number of morpholine rings is 1. The van der Waals surface area contributed by atoms with Crippen molar-refractivity contribution in [2.75, 3.05) is 46.5 Å². The van der Waals surface area contributed by atoms with E-state index in [1.54, 1.807) is 24.3 Å². The van der Waals surface area contributed by atoms with Crippen LogP contribution in [0.25, 0.3) is 5.76 Å². The molecule has 0 bridgehead atoms. The maximum atomic E-state index is 13.0. The van der Waals surface area contributed by atoms with Gasteiger partial charge in [0.05, 0.1) is 37.7 Å². The van der Waals surface area contributed by atoms with Crippen molar-refractivity contribution in [3.63, 3.8) is 0 Å². The number of furan rings is 1. The number of hydrogen-bond donors (Lipinski definition) is 1. The molecule has 1 atom stereocenters. The van der Waals surface area contributed by atoms with Gasteiger partial charge in [0.25, 0.3) is 11.7 Å². The highest BCUT2D eigenvalue weighted by Gasteiger charge is 2.47. The zero-order valence-electron chi connectivity index (χ0n) is 17.0. The van der Waals surface area contributed by atoms with Crippen LogP contribution in [0.5, 0.6) is 5.75 Å². The van der Waals surface area contributed by atoms with Gasteiger partial charge in [-0.15, -0.1) is 0 Å². The molecular weight excluding hydrogens is 424 g/mol. The number of hydrogen-bond acceptors (Lipinski definition) is 7. The number of carbonyl (C=O) groups excluding carboxylic acids is 2. The molecule has 9 heteroatoms. The van der Waals surface area contributed by atoms with Crippen LogP contribution >= 0.6 is 11.6 Å². The number of ketones is 1. The number of nitrogens with zero attached hydrogens (tertiary/aromatic N) is 2. The van der Waals surface area contributed by atoms with E-state index in [9.17, 15) is 14.7 Å². The van der Waals surface area contributed by atoms with E-state index in [1.807, 2.05) is 0 Å². The molecule has 2 fully saturated rings. The monoisotopic (exact) mass is 446 g/mol. The van der Waals surface area contributed by atoms with Crippen molar-refractivity contribution < 1.29 is 28.6 Å². The Bertz CT molecular complexity index is 997. The van der Waals surface area contributed by atoms with E-state index in [-0.39, 0.29) is 16.9 Å². The van der Waals surface area contributed by atoms with Crippen molar-refractivity contribution in [3.8, 4) is 5.75 Å². The summed E-state index contributed by atoms with van der Waals surface area (Å²) in [4.78, 5) is 29.6. The highest BCUT2D eigenvalue weighted by Crippen LogP contribution is 2.41. The Morgan fingerprint density at radius 1 is 1.23 bits per heavy atom. The van der Waals surface area contributed by atoms with Crippen molar-refractivity contribution in [1.82, 2.24) is 9.80 Å². The minimum absolute atomic E-state index is 0.0532. The van der Waals surface area contributed by atoms with Gasteiger partial charge in [0.2, 0.25) is 0 Å². The summed E-state index contributed by atoms with van der Waals surface area (Å²) in [5.74, 6) is -1.09. The lowest BCUT2D eigenvalue weighted by atomic mass is 9.99. The van der Waals surface area contributed by atoms with Crippen LogP contribution < -0.4 is 4.74 Å². The number of likely N-dealkylation sites (tertiary alicyclic amines) is 1. The molecule has 2 aromatic rings. The van der Waals surface area contributed by atoms with Gasteiger partial charge in [0, 0.05) is 31.2 Å². The summed E-state index contributed by atoms with van der Waals surface area (Å²) < 4.78 is 16.2. The first-order chi connectivity index (χ1) is 15.0. The molecule has 0 radical (unpaired) electrons. The Morgan fingerprint density at radius 3 is 2.68 bits per heavy atom. The Kier molecular flexibility index (Phi) is 6.31. The van der Waals surface area contributed by atoms with Crippen molar-refractivity contribution in [3.05, 3.63) is 58.5 Å². The van der Waals surface area contributed by atoms with Gasteiger partial charge >= 0.3 is 0 Å². The summed E-state index contributed by atoms with van der Waals surface area (Å²) >= 11 is 6.10. The van der Waals surface area contributed by atoms with Crippen LogP contribution in [0.2, 0.25) is 5.02 Å². The number of rotatable bonds is 6. The molecule has 8 nitrogen and oxygen atoms in total. The molecule has 31 heavy (non-hydrogen) atoms. The van der Waals surface area contributed by atoms with Crippen molar-refractivity contribution in [1.29, 1.82) is 0 Å². The van der Waals surface area contributed by atoms with Gasteiger partial charge in [0.1, 0.15) is 23.3 Å². The van der Waals surface area contributed by atoms with E-state index in [4.69, 9.17) is 25.5 Å². The number of amides is 1. The summed E-state index contributed by atoms with van der Waals surface area (Å²) in [6.45, 7) is 3.67.